The summed E-state index contributed by atoms with van der Waals surface area (Å²) in [5.74, 6) is 0.975. The highest BCUT2D eigenvalue weighted by molar-refractivity contribution is 5.75. The Morgan fingerprint density at radius 2 is 2.11 bits per heavy atom. The van der Waals surface area contributed by atoms with Crippen LogP contribution in [0.2, 0.25) is 0 Å². The fraction of sp³-hybridized carbons (Fsp3) is 0.357. The van der Waals surface area contributed by atoms with Crippen molar-refractivity contribution in [1.29, 1.82) is 0 Å². The molecular weight excluding hydrogens is 242 g/mol. The lowest BCUT2D eigenvalue weighted by molar-refractivity contribution is -0.121. The number of nitrogens with zero attached hydrogens (tertiary/aromatic N) is 2. The molecule has 0 aliphatic rings. The van der Waals surface area contributed by atoms with Gasteiger partial charge in [0.05, 0.1) is 6.54 Å². The Labute approximate surface area is 112 Å². The van der Waals surface area contributed by atoms with Gasteiger partial charge in [-0.1, -0.05) is 48.8 Å². The van der Waals surface area contributed by atoms with Crippen LogP contribution in [0.1, 0.15) is 32.1 Å². The molecule has 0 aliphatic heterocycles. The number of benzene rings is 1. The van der Waals surface area contributed by atoms with Crippen molar-refractivity contribution in [1.82, 2.24) is 15.5 Å². The van der Waals surface area contributed by atoms with Crippen LogP contribution in [0.25, 0.3) is 11.4 Å². The summed E-state index contributed by atoms with van der Waals surface area (Å²) in [4.78, 5) is 15.7. The zero-order valence-electron chi connectivity index (χ0n) is 10.9. The maximum Gasteiger partial charge on any atom is 0.246 e. The van der Waals surface area contributed by atoms with Gasteiger partial charge in [0.25, 0.3) is 0 Å². The van der Waals surface area contributed by atoms with Gasteiger partial charge in [-0.15, -0.1) is 0 Å². The first kappa shape index (κ1) is 13.3. The maximum atomic E-state index is 11.5. The first-order chi connectivity index (χ1) is 9.29. The molecule has 2 rings (SSSR count). The molecule has 100 valence electrons. The van der Waals surface area contributed by atoms with Gasteiger partial charge >= 0.3 is 0 Å². The second kappa shape index (κ2) is 6.68. The van der Waals surface area contributed by atoms with Crippen molar-refractivity contribution in [2.45, 2.75) is 32.7 Å². The number of hydrogen-bond acceptors (Lipinski definition) is 4. The number of carbonyl (C=O) groups is 1. The highest BCUT2D eigenvalue weighted by Crippen LogP contribution is 2.14. The van der Waals surface area contributed by atoms with E-state index in [0.29, 0.717) is 18.1 Å². The second-order valence-electron chi connectivity index (χ2n) is 4.26. The number of rotatable bonds is 6. The molecule has 1 aromatic heterocycles. The molecule has 1 heterocycles. The molecule has 0 radical (unpaired) electrons. The molecule has 0 saturated carbocycles. The van der Waals surface area contributed by atoms with Gasteiger partial charge in [-0.3, -0.25) is 4.79 Å². The molecule has 1 N–H and O–H groups in total. The SMILES string of the molecule is CCCCC(=O)NCc1nc(-c2ccccc2)no1. The molecular formula is C14H17N3O2. The minimum absolute atomic E-state index is 0.0151. The fourth-order valence-electron chi connectivity index (χ4n) is 1.63. The number of carbonyl (C=O) groups excluding carboxylic acids is 1. The highest BCUT2D eigenvalue weighted by Gasteiger charge is 2.09. The maximum absolute atomic E-state index is 11.5. The van der Waals surface area contributed by atoms with Crippen LogP contribution in [0.4, 0.5) is 0 Å². The van der Waals surface area contributed by atoms with Crippen LogP contribution in [-0.4, -0.2) is 16.0 Å². The van der Waals surface area contributed by atoms with E-state index in [2.05, 4.69) is 22.4 Å². The van der Waals surface area contributed by atoms with Crippen LogP contribution in [0.15, 0.2) is 34.9 Å². The molecule has 0 fully saturated rings. The van der Waals surface area contributed by atoms with E-state index in [1.54, 1.807) is 0 Å². The lowest BCUT2D eigenvalue weighted by Crippen LogP contribution is -2.22. The van der Waals surface area contributed by atoms with Crippen LogP contribution in [0, 0.1) is 0 Å². The van der Waals surface area contributed by atoms with E-state index in [-0.39, 0.29) is 12.5 Å². The number of nitrogens with one attached hydrogen (secondary N) is 1. The zero-order valence-corrected chi connectivity index (χ0v) is 10.9. The Balaban J connectivity index is 1.90. The molecule has 2 aromatic rings. The predicted octanol–water partition coefficient (Wildman–Crippen LogP) is 2.54. The van der Waals surface area contributed by atoms with Crippen LogP contribution in [0.3, 0.4) is 0 Å². The molecule has 0 aliphatic carbocycles. The molecule has 0 spiro atoms. The quantitative estimate of drug-likeness (QED) is 0.865. The predicted molar refractivity (Wildman–Crippen MR) is 71.1 cm³/mol. The standard InChI is InChI=1S/C14H17N3O2/c1-2-3-9-12(18)15-10-13-16-14(17-19-13)11-7-5-4-6-8-11/h4-8H,2-3,9-10H2,1H3,(H,15,18). The highest BCUT2D eigenvalue weighted by atomic mass is 16.5. The summed E-state index contributed by atoms with van der Waals surface area (Å²) in [6, 6.07) is 9.58. The number of unbranched alkanes of at least 4 members (excludes halogenated alkanes) is 1. The monoisotopic (exact) mass is 259 g/mol. The van der Waals surface area contributed by atoms with Crippen molar-refractivity contribution >= 4 is 5.91 Å². The minimum Gasteiger partial charge on any atom is -0.347 e. The van der Waals surface area contributed by atoms with Crippen LogP contribution in [0.5, 0.6) is 0 Å². The molecule has 0 bridgehead atoms. The number of aromatic nitrogens is 2. The first-order valence-electron chi connectivity index (χ1n) is 6.44. The summed E-state index contributed by atoms with van der Waals surface area (Å²) in [5.41, 5.74) is 0.898. The Morgan fingerprint density at radius 3 is 2.84 bits per heavy atom. The Kier molecular flexibility index (Phi) is 4.66. The summed E-state index contributed by atoms with van der Waals surface area (Å²) < 4.78 is 5.10. The van der Waals surface area contributed by atoms with E-state index in [4.69, 9.17) is 4.52 Å². The molecule has 0 atom stereocenters. The van der Waals surface area contributed by atoms with Crippen molar-refractivity contribution in [3.63, 3.8) is 0 Å². The minimum atomic E-state index is 0.0151. The van der Waals surface area contributed by atoms with Crippen LogP contribution >= 0.6 is 0 Å². The van der Waals surface area contributed by atoms with E-state index < -0.39 is 0 Å². The third-order valence-electron chi connectivity index (χ3n) is 2.69. The van der Waals surface area contributed by atoms with E-state index in [9.17, 15) is 4.79 Å². The average Bonchev–Trinajstić information content (AvgIpc) is 2.93. The van der Waals surface area contributed by atoms with E-state index in [0.717, 1.165) is 18.4 Å². The third kappa shape index (κ3) is 3.91. The van der Waals surface area contributed by atoms with Crippen molar-refractivity contribution < 1.29 is 9.32 Å². The van der Waals surface area contributed by atoms with Crippen LogP contribution in [-0.2, 0) is 11.3 Å². The van der Waals surface area contributed by atoms with E-state index >= 15 is 0 Å². The molecule has 1 aromatic carbocycles. The Hall–Kier alpha value is -2.17. The number of hydrogen-bond donors (Lipinski definition) is 1. The summed E-state index contributed by atoms with van der Waals surface area (Å²) in [6.45, 7) is 2.33. The average molecular weight is 259 g/mol. The summed E-state index contributed by atoms with van der Waals surface area (Å²) in [6.07, 6.45) is 2.44. The Bertz CT molecular complexity index is 522. The van der Waals surface area contributed by atoms with Gasteiger partial charge in [-0.05, 0) is 6.42 Å². The lowest BCUT2D eigenvalue weighted by Gasteiger charge is -2.00. The molecule has 19 heavy (non-hydrogen) atoms. The third-order valence-corrected chi connectivity index (χ3v) is 2.69. The number of amides is 1. The zero-order chi connectivity index (χ0) is 13.5. The van der Waals surface area contributed by atoms with E-state index in [1.807, 2.05) is 30.3 Å². The van der Waals surface area contributed by atoms with Gasteiger partial charge in [0, 0.05) is 12.0 Å². The smallest absolute Gasteiger partial charge is 0.246 e. The van der Waals surface area contributed by atoms with Gasteiger partial charge in [0.1, 0.15) is 0 Å². The second-order valence-corrected chi connectivity index (χ2v) is 4.26. The van der Waals surface area contributed by atoms with Gasteiger partial charge in [-0.2, -0.15) is 4.98 Å². The molecule has 0 unspecified atom stereocenters. The van der Waals surface area contributed by atoms with Gasteiger partial charge in [0.15, 0.2) is 0 Å². The topological polar surface area (TPSA) is 68.0 Å². The Morgan fingerprint density at radius 1 is 1.32 bits per heavy atom. The molecule has 0 saturated heterocycles. The van der Waals surface area contributed by atoms with Gasteiger partial charge < -0.3 is 9.84 Å². The van der Waals surface area contributed by atoms with Crippen molar-refractivity contribution in [2.24, 2.45) is 0 Å². The molecule has 1 amide bonds. The van der Waals surface area contributed by atoms with Crippen molar-refractivity contribution in [3.8, 4) is 11.4 Å². The van der Waals surface area contributed by atoms with Crippen molar-refractivity contribution in [3.05, 3.63) is 36.2 Å². The normalized spacial score (nSPS) is 10.4. The van der Waals surface area contributed by atoms with Crippen molar-refractivity contribution in [2.75, 3.05) is 0 Å². The first-order valence-corrected chi connectivity index (χ1v) is 6.44. The summed E-state index contributed by atoms with van der Waals surface area (Å²) >= 11 is 0. The van der Waals surface area contributed by atoms with E-state index in [1.165, 1.54) is 0 Å². The van der Waals surface area contributed by atoms with Crippen LogP contribution < -0.4 is 5.32 Å². The molecule has 5 heteroatoms. The fourth-order valence-corrected chi connectivity index (χ4v) is 1.63. The largest absolute Gasteiger partial charge is 0.347 e. The van der Waals surface area contributed by atoms with Gasteiger partial charge in [0.2, 0.25) is 17.6 Å². The molecule has 5 nitrogen and oxygen atoms in total. The van der Waals surface area contributed by atoms with Gasteiger partial charge in [-0.25, -0.2) is 0 Å². The summed E-state index contributed by atoms with van der Waals surface area (Å²) in [7, 11) is 0. The summed E-state index contributed by atoms with van der Waals surface area (Å²) in [5, 5.41) is 6.65. The lowest BCUT2D eigenvalue weighted by atomic mass is 10.2.